The molecule has 1 heterocycles. The second-order valence-electron chi connectivity index (χ2n) is 3.94. The van der Waals surface area contributed by atoms with Gasteiger partial charge in [0, 0.05) is 30.2 Å². The van der Waals surface area contributed by atoms with Crippen LogP contribution in [0, 0.1) is 0 Å². The van der Waals surface area contributed by atoms with E-state index in [4.69, 9.17) is 11.6 Å². The molecule has 0 unspecified atom stereocenters. The van der Waals surface area contributed by atoms with E-state index in [9.17, 15) is 8.42 Å². The first-order valence-electron chi connectivity index (χ1n) is 5.57. The van der Waals surface area contributed by atoms with Gasteiger partial charge in [0.05, 0.1) is 10.6 Å². The van der Waals surface area contributed by atoms with Crippen molar-refractivity contribution in [3.05, 3.63) is 41.7 Å². The molecule has 0 bridgehead atoms. The zero-order valence-corrected chi connectivity index (χ0v) is 12.7. The van der Waals surface area contributed by atoms with Crippen LogP contribution in [0.4, 0.5) is 0 Å². The van der Waals surface area contributed by atoms with Crippen molar-refractivity contribution in [3.63, 3.8) is 0 Å². The number of sulfone groups is 1. The van der Waals surface area contributed by atoms with Gasteiger partial charge in [-0.2, -0.15) is 0 Å². The third-order valence-corrected chi connectivity index (χ3v) is 5.84. The summed E-state index contributed by atoms with van der Waals surface area (Å²) in [5, 5.41) is 1.34. The second kappa shape index (κ2) is 5.98. The number of aromatic nitrogens is 2. The van der Waals surface area contributed by atoms with Crippen LogP contribution in [-0.2, 0) is 16.9 Å². The quantitative estimate of drug-likeness (QED) is 0.796. The van der Waals surface area contributed by atoms with Crippen molar-refractivity contribution >= 4 is 33.2 Å². The van der Waals surface area contributed by atoms with E-state index in [0.717, 1.165) is 5.16 Å². The summed E-state index contributed by atoms with van der Waals surface area (Å²) in [6.45, 7) is 0. The molecule has 0 radical (unpaired) electrons. The van der Waals surface area contributed by atoms with E-state index in [2.05, 4.69) is 4.98 Å². The lowest BCUT2D eigenvalue weighted by Crippen LogP contribution is -2.09. The summed E-state index contributed by atoms with van der Waals surface area (Å²) < 4.78 is 26.0. The van der Waals surface area contributed by atoms with Crippen molar-refractivity contribution in [2.24, 2.45) is 7.05 Å². The van der Waals surface area contributed by atoms with Crippen LogP contribution in [0.3, 0.4) is 0 Å². The molecule has 102 valence electrons. The van der Waals surface area contributed by atoms with E-state index in [-0.39, 0.29) is 5.75 Å². The monoisotopic (exact) mass is 316 g/mol. The molecule has 7 heteroatoms. The van der Waals surface area contributed by atoms with Gasteiger partial charge in [0.25, 0.3) is 0 Å². The highest BCUT2D eigenvalue weighted by Crippen LogP contribution is 2.19. The van der Waals surface area contributed by atoms with Crippen LogP contribution in [0.25, 0.3) is 0 Å². The molecular weight excluding hydrogens is 304 g/mol. The maximum absolute atomic E-state index is 12.1. The Hall–Kier alpha value is -0.980. The third kappa shape index (κ3) is 3.75. The zero-order valence-electron chi connectivity index (χ0n) is 10.3. The minimum Gasteiger partial charge on any atom is -0.329 e. The molecule has 1 aromatic carbocycles. The van der Waals surface area contributed by atoms with E-state index in [1.165, 1.54) is 23.9 Å². The minimum atomic E-state index is -3.26. The van der Waals surface area contributed by atoms with Crippen molar-refractivity contribution in [3.8, 4) is 0 Å². The van der Waals surface area contributed by atoms with Gasteiger partial charge in [-0.15, -0.1) is 0 Å². The fourth-order valence-corrected chi connectivity index (χ4v) is 4.20. The molecule has 0 fully saturated rings. The van der Waals surface area contributed by atoms with Gasteiger partial charge in [0.15, 0.2) is 15.0 Å². The van der Waals surface area contributed by atoms with Crippen molar-refractivity contribution in [2.75, 3.05) is 11.5 Å². The number of hydrogen-bond acceptors (Lipinski definition) is 4. The van der Waals surface area contributed by atoms with Crippen molar-refractivity contribution in [1.82, 2.24) is 9.55 Å². The standard InChI is InChI=1S/C12H13ClN2O2S2/c1-15-7-6-14-12(15)18-8-9-19(16,17)11-4-2-10(13)3-5-11/h2-7H,8-9H2,1H3. The molecule has 0 saturated heterocycles. The maximum Gasteiger partial charge on any atom is 0.179 e. The molecule has 2 rings (SSSR count). The van der Waals surface area contributed by atoms with Gasteiger partial charge in [-0.05, 0) is 24.3 Å². The SMILES string of the molecule is Cn1ccnc1SCCS(=O)(=O)c1ccc(Cl)cc1. The molecule has 19 heavy (non-hydrogen) atoms. The molecule has 0 spiro atoms. The highest BCUT2D eigenvalue weighted by Gasteiger charge is 2.14. The Morgan fingerprint density at radius 1 is 1.32 bits per heavy atom. The lowest BCUT2D eigenvalue weighted by molar-refractivity contribution is 0.597. The number of thioether (sulfide) groups is 1. The van der Waals surface area contributed by atoms with Crippen molar-refractivity contribution in [2.45, 2.75) is 10.1 Å². The molecule has 0 aliphatic carbocycles. The van der Waals surface area contributed by atoms with E-state index >= 15 is 0 Å². The van der Waals surface area contributed by atoms with Gasteiger partial charge < -0.3 is 4.57 Å². The number of hydrogen-bond donors (Lipinski definition) is 0. The zero-order chi connectivity index (χ0) is 13.9. The maximum atomic E-state index is 12.1. The van der Waals surface area contributed by atoms with E-state index in [0.29, 0.717) is 15.7 Å². The third-order valence-electron chi connectivity index (χ3n) is 2.53. The predicted octanol–water partition coefficient (Wildman–Crippen LogP) is 2.64. The molecule has 0 amide bonds. The first-order chi connectivity index (χ1) is 8.99. The Morgan fingerprint density at radius 2 is 2.00 bits per heavy atom. The molecule has 0 aliphatic rings. The van der Waals surface area contributed by atoms with Crippen LogP contribution in [0.2, 0.25) is 5.02 Å². The Kier molecular flexibility index (Phi) is 4.54. The number of nitrogens with zero attached hydrogens (tertiary/aromatic N) is 2. The Morgan fingerprint density at radius 3 is 2.58 bits per heavy atom. The van der Waals surface area contributed by atoms with Gasteiger partial charge in [0.2, 0.25) is 0 Å². The summed E-state index contributed by atoms with van der Waals surface area (Å²) in [6.07, 6.45) is 3.52. The smallest absolute Gasteiger partial charge is 0.179 e. The Balaban J connectivity index is 1.98. The predicted molar refractivity (Wildman–Crippen MR) is 77.4 cm³/mol. The average Bonchev–Trinajstić information content (AvgIpc) is 2.75. The van der Waals surface area contributed by atoms with Gasteiger partial charge in [-0.1, -0.05) is 23.4 Å². The van der Waals surface area contributed by atoms with Gasteiger partial charge in [-0.25, -0.2) is 13.4 Å². The fraction of sp³-hybridized carbons (Fsp3) is 0.250. The molecule has 2 aromatic rings. The van der Waals surface area contributed by atoms with Crippen LogP contribution < -0.4 is 0 Å². The van der Waals surface area contributed by atoms with Crippen molar-refractivity contribution in [1.29, 1.82) is 0 Å². The second-order valence-corrected chi connectivity index (χ2v) is 7.55. The number of rotatable bonds is 5. The lowest BCUT2D eigenvalue weighted by atomic mass is 10.4. The minimum absolute atomic E-state index is 0.0756. The van der Waals surface area contributed by atoms with Gasteiger partial charge in [-0.3, -0.25) is 0 Å². The molecule has 0 aliphatic heterocycles. The Bertz CT molecular complexity index is 651. The first-order valence-corrected chi connectivity index (χ1v) is 8.59. The molecule has 1 aromatic heterocycles. The van der Waals surface area contributed by atoms with Crippen LogP contribution in [0.5, 0.6) is 0 Å². The van der Waals surface area contributed by atoms with Crippen LogP contribution in [-0.4, -0.2) is 29.5 Å². The van der Waals surface area contributed by atoms with Crippen molar-refractivity contribution < 1.29 is 8.42 Å². The van der Waals surface area contributed by atoms with Crippen LogP contribution >= 0.6 is 23.4 Å². The number of halogens is 1. The number of aryl methyl sites for hydroxylation is 1. The average molecular weight is 317 g/mol. The van der Waals surface area contributed by atoms with E-state index in [1.54, 1.807) is 18.3 Å². The van der Waals surface area contributed by atoms with Gasteiger partial charge in [0.1, 0.15) is 0 Å². The highest BCUT2D eigenvalue weighted by atomic mass is 35.5. The summed E-state index contributed by atoms with van der Waals surface area (Å²) in [4.78, 5) is 4.44. The van der Waals surface area contributed by atoms with E-state index in [1.807, 2.05) is 17.8 Å². The summed E-state index contributed by atoms with van der Waals surface area (Å²) >= 11 is 7.17. The molecule has 0 N–H and O–H groups in total. The normalized spacial score (nSPS) is 11.7. The molecule has 0 saturated carbocycles. The lowest BCUT2D eigenvalue weighted by Gasteiger charge is -2.04. The summed E-state index contributed by atoms with van der Waals surface area (Å²) in [7, 11) is -1.38. The summed E-state index contributed by atoms with van der Waals surface area (Å²) in [5.41, 5.74) is 0. The van der Waals surface area contributed by atoms with E-state index < -0.39 is 9.84 Å². The Labute approximate surface area is 121 Å². The largest absolute Gasteiger partial charge is 0.329 e. The molecular formula is C12H13ClN2O2S2. The highest BCUT2D eigenvalue weighted by molar-refractivity contribution is 8.00. The van der Waals surface area contributed by atoms with Gasteiger partial charge >= 0.3 is 0 Å². The molecule has 4 nitrogen and oxygen atoms in total. The van der Waals surface area contributed by atoms with Crippen LogP contribution in [0.15, 0.2) is 46.7 Å². The van der Waals surface area contributed by atoms with Crippen LogP contribution in [0.1, 0.15) is 0 Å². The number of imidazole rings is 1. The first kappa shape index (κ1) is 14.4. The summed E-state index contributed by atoms with van der Waals surface area (Å²) in [5.74, 6) is 0.544. The fourth-order valence-electron chi connectivity index (χ4n) is 1.49. The molecule has 0 atom stereocenters. The topological polar surface area (TPSA) is 52.0 Å². The number of benzene rings is 1. The summed E-state index contributed by atoms with van der Waals surface area (Å²) in [6, 6.07) is 6.23.